The van der Waals surface area contributed by atoms with E-state index in [1.165, 1.54) is 0 Å². The molecule has 4 nitrogen and oxygen atoms in total. The molecule has 0 aromatic heterocycles. The van der Waals surface area contributed by atoms with Crippen LogP contribution in [-0.4, -0.2) is 17.9 Å². The number of benzene rings is 2. The molecule has 0 saturated carbocycles. The summed E-state index contributed by atoms with van der Waals surface area (Å²) >= 11 is 0. The first-order valence-electron chi connectivity index (χ1n) is 8.00. The van der Waals surface area contributed by atoms with E-state index in [2.05, 4.69) is 9.47 Å². The summed E-state index contributed by atoms with van der Waals surface area (Å²) in [5, 5.41) is 0. The third kappa shape index (κ3) is 4.36. The second-order valence-corrected chi connectivity index (χ2v) is 5.97. The lowest BCUT2D eigenvalue weighted by Crippen LogP contribution is -2.50. The molecule has 0 saturated heterocycles. The molecule has 2 aromatic carbocycles. The van der Waals surface area contributed by atoms with Gasteiger partial charge in [0.1, 0.15) is 11.5 Å². The van der Waals surface area contributed by atoms with Crippen molar-refractivity contribution in [3.05, 3.63) is 59.7 Å². The van der Waals surface area contributed by atoms with E-state index in [0.29, 0.717) is 24.3 Å². The van der Waals surface area contributed by atoms with E-state index in [-0.39, 0.29) is 0 Å². The lowest BCUT2D eigenvalue weighted by molar-refractivity contribution is -0.321. The summed E-state index contributed by atoms with van der Waals surface area (Å²) in [4.78, 5) is 21.8. The van der Waals surface area contributed by atoms with Crippen molar-refractivity contribution < 1.29 is 45.4 Å². The summed E-state index contributed by atoms with van der Waals surface area (Å²) < 4.78 is 95.9. The van der Waals surface area contributed by atoms with Crippen molar-refractivity contribution >= 4 is 11.9 Å². The maximum absolute atomic E-state index is 14.5. The summed E-state index contributed by atoms with van der Waals surface area (Å²) in [6, 6.07) is 5.54. The standard InChI is InChI=1S/C19H14F6O4/c1-11(26)28-15-7-3-5-13(9-15)17(20,21)19(24,25)18(22,23)14-6-4-8-16(10-14)29-12(2)27/h3-10H,1-2H3. The Kier molecular flexibility index (Phi) is 5.96. The number of hydrogen-bond donors (Lipinski definition) is 0. The first-order chi connectivity index (χ1) is 13.3. The minimum atomic E-state index is -5.89. The summed E-state index contributed by atoms with van der Waals surface area (Å²) in [7, 11) is 0. The van der Waals surface area contributed by atoms with Crippen LogP contribution in [0.15, 0.2) is 48.5 Å². The topological polar surface area (TPSA) is 52.6 Å². The molecule has 2 aromatic rings. The van der Waals surface area contributed by atoms with E-state index < -0.39 is 52.3 Å². The van der Waals surface area contributed by atoms with Crippen LogP contribution >= 0.6 is 0 Å². The molecule has 0 unspecified atom stereocenters. The van der Waals surface area contributed by atoms with Gasteiger partial charge in [-0.25, -0.2) is 0 Å². The van der Waals surface area contributed by atoms with E-state index in [9.17, 15) is 35.9 Å². The van der Waals surface area contributed by atoms with Crippen molar-refractivity contribution in [2.24, 2.45) is 0 Å². The Hall–Kier alpha value is -3.04. The molecule has 0 N–H and O–H groups in total. The van der Waals surface area contributed by atoms with Crippen LogP contribution in [0.25, 0.3) is 0 Å². The number of carbonyl (C=O) groups excluding carboxylic acids is 2. The fraction of sp³-hybridized carbons (Fsp3) is 0.263. The predicted molar refractivity (Wildman–Crippen MR) is 88.2 cm³/mol. The maximum Gasteiger partial charge on any atom is 0.380 e. The molecule has 0 radical (unpaired) electrons. The monoisotopic (exact) mass is 420 g/mol. The van der Waals surface area contributed by atoms with Crippen LogP contribution in [0.4, 0.5) is 26.3 Å². The molecule has 0 aliphatic rings. The van der Waals surface area contributed by atoms with Crippen LogP contribution in [0.1, 0.15) is 25.0 Å². The van der Waals surface area contributed by atoms with Crippen LogP contribution in [0, 0.1) is 0 Å². The Labute approximate surface area is 161 Å². The first kappa shape index (κ1) is 22.3. The molecule has 0 fully saturated rings. The zero-order valence-electron chi connectivity index (χ0n) is 15.0. The molecule has 0 aliphatic carbocycles. The minimum Gasteiger partial charge on any atom is -0.427 e. The summed E-state index contributed by atoms with van der Waals surface area (Å²) in [6.45, 7) is 1.90. The van der Waals surface area contributed by atoms with Crippen molar-refractivity contribution in [3.8, 4) is 11.5 Å². The number of rotatable bonds is 6. The van der Waals surface area contributed by atoms with E-state index in [1.807, 2.05) is 0 Å². The molecule has 0 spiro atoms. The summed E-state index contributed by atoms with van der Waals surface area (Å²) in [6.07, 6.45) is 0. The van der Waals surface area contributed by atoms with Gasteiger partial charge in [0.2, 0.25) is 0 Å². The number of ether oxygens (including phenoxy) is 2. The van der Waals surface area contributed by atoms with Gasteiger partial charge in [-0.2, -0.15) is 26.3 Å². The Morgan fingerprint density at radius 1 is 0.690 bits per heavy atom. The van der Waals surface area contributed by atoms with Crippen molar-refractivity contribution in [2.75, 3.05) is 0 Å². The van der Waals surface area contributed by atoms with Crippen LogP contribution < -0.4 is 9.47 Å². The molecule has 0 aliphatic heterocycles. The number of hydrogen-bond acceptors (Lipinski definition) is 4. The molecule has 29 heavy (non-hydrogen) atoms. The van der Waals surface area contributed by atoms with Crippen molar-refractivity contribution in [1.29, 1.82) is 0 Å². The zero-order chi connectivity index (χ0) is 22.0. The minimum absolute atomic E-state index is 0.376. The van der Waals surface area contributed by atoms with Crippen LogP contribution in [0.5, 0.6) is 11.5 Å². The highest BCUT2D eigenvalue weighted by Gasteiger charge is 2.72. The van der Waals surface area contributed by atoms with Crippen LogP contribution in [0.2, 0.25) is 0 Å². The smallest absolute Gasteiger partial charge is 0.380 e. The normalized spacial score (nSPS) is 12.4. The van der Waals surface area contributed by atoms with E-state index in [4.69, 9.17) is 0 Å². The van der Waals surface area contributed by atoms with Gasteiger partial charge in [0.05, 0.1) is 0 Å². The Balaban J connectivity index is 2.48. The van der Waals surface area contributed by atoms with Gasteiger partial charge in [-0.15, -0.1) is 0 Å². The van der Waals surface area contributed by atoms with E-state index in [1.54, 1.807) is 0 Å². The third-order valence-corrected chi connectivity index (χ3v) is 3.71. The summed E-state index contributed by atoms with van der Waals surface area (Å²) in [5.74, 6) is -19.4. The van der Waals surface area contributed by atoms with Crippen molar-refractivity contribution in [1.82, 2.24) is 0 Å². The van der Waals surface area contributed by atoms with Gasteiger partial charge in [0.25, 0.3) is 0 Å². The van der Waals surface area contributed by atoms with E-state index >= 15 is 0 Å². The lowest BCUT2D eigenvalue weighted by atomic mass is 9.92. The zero-order valence-corrected chi connectivity index (χ0v) is 15.0. The lowest BCUT2D eigenvalue weighted by Gasteiger charge is -2.33. The van der Waals surface area contributed by atoms with Gasteiger partial charge in [-0.1, -0.05) is 24.3 Å². The average molecular weight is 420 g/mol. The largest absolute Gasteiger partial charge is 0.427 e. The summed E-state index contributed by atoms with van der Waals surface area (Å²) in [5.41, 5.74) is -2.95. The highest BCUT2D eigenvalue weighted by atomic mass is 19.3. The second kappa shape index (κ2) is 7.76. The third-order valence-electron chi connectivity index (χ3n) is 3.71. The SMILES string of the molecule is CC(=O)Oc1cccc(C(F)(F)C(F)(F)C(F)(F)c2cccc(OC(C)=O)c2)c1. The highest BCUT2D eigenvalue weighted by Crippen LogP contribution is 2.55. The number of halogens is 6. The Morgan fingerprint density at radius 2 is 1.03 bits per heavy atom. The Bertz CT molecular complexity index is 853. The fourth-order valence-electron chi connectivity index (χ4n) is 2.40. The Morgan fingerprint density at radius 3 is 1.34 bits per heavy atom. The van der Waals surface area contributed by atoms with Crippen LogP contribution in [-0.2, 0) is 21.4 Å². The van der Waals surface area contributed by atoms with Gasteiger partial charge in [-0.3, -0.25) is 9.59 Å². The van der Waals surface area contributed by atoms with Crippen molar-refractivity contribution in [2.45, 2.75) is 31.6 Å². The molecule has 2 rings (SSSR count). The highest BCUT2D eigenvalue weighted by molar-refractivity contribution is 5.69. The van der Waals surface area contributed by atoms with Gasteiger partial charge in [-0.05, 0) is 24.3 Å². The van der Waals surface area contributed by atoms with E-state index in [0.717, 1.165) is 38.1 Å². The molecular formula is C19H14F6O4. The molecular weight excluding hydrogens is 406 g/mol. The molecule has 10 heteroatoms. The molecule has 156 valence electrons. The van der Waals surface area contributed by atoms with Gasteiger partial charge >= 0.3 is 29.7 Å². The molecule has 0 atom stereocenters. The molecule has 0 amide bonds. The number of carbonyl (C=O) groups is 2. The second-order valence-electron chi connectivity index (χ2n) is 5.97. The maximum atomic E-state index is 14.5. The van der Waals surface area contributed by atoms with Crippen LogP contribution in [0.3, 0.4) is 0 Å². The predicted octanol–water partition coefficient (Wildman–Crippen LogP) is 5.06. The number of alkyl halides is 6. The van der Waals surface area contributed by atoms with Gasteiger partial charge in [0, 0.05) is 25.0 Å². The molecule has 0 heterocycles. The molecule has 0 bridgehead atoms. The quantitative estimate of drug-likeness (QED) is 0.373. The number of esters is 2. The fourth-order valence-corrected chi connectivity index (χ4v) is 2.40. The average Bonchev–Trinajstić information content (AvgIpc) is 2.60. The van der Waals surface area contributed by atoms with Gasteiger partial charge < -0.3 is 9.47 Å². The first-order valence-corrected chi connectivity index (χ1v) is 8.00. The van der Waals surface area contributed by atoms with Crippen molar-refractivity contribution in [3.63, 3.8) is 0 Å². The van der Waals surface area contributed by atoms with Gasteiger partial charge in [0.15, 0.2) is 0 Å².